The Bertz CT molecular complexity index is 895. The molecule has 3 rings (SSSR count). The van der Waals surface area contributed by atoms with Gasteiger partial charge in [0.2, 0.25) is 16.0 Å². The lowest BCUT2D eigenvalue weighted by atomic mass is 10.1. The summed E-state index contributed by atoms with van der Waals surface area (Å²) < 4.78 is 27.2. The third-order valence-electron chi connectivity index (χ3n) is 4.69. The molecule has 1 aromatic carbocycles. The molecule has 0 bridgehead atoms. The normalized spacial score (nSPS) is 14.9. The molecule has 0 radical (unpaired) electrons. The number of hydrogen-bond acceptors (Lipinski definition) is 6. The lowest BCUT2D eigenvalue weighted by Crippen LogP contribution is -2.31. The van der Waals surface area contributed by atoms with Crippen molar-refractivity contribution in [3.05, 3.63) is 47.2 Å². The average Bonchev–Trinajstić information content (AvgIpc) is 2.65. The first-order valence-corrected chi connectivity index (χ1v) is 11.4. The Kier molecular flexibility index (Phi) is 6.85. The Morgan fingerprint density at radius 2 is 1.82 bits per heavy atom. The van der Waals surface area contributed by atoms with Crippen molar-refractivity contribution >= 4 is 21.8 Å². The molecule has 8 heteroatoms. The molecule has 1 fully saturated rings. The van der Waals surface area contributed by atoms with Crippen LogP contribution in [-0.2, 0) is 15.8 Å². The molecule has 2 N–H and O–H groups in total. The number of hydrogen-bond donors (Lipinski definition) is 2. The summed E-state index contributed by atoms with van der Waals surface area (Å²) in [6.07, 6.45) is 3.65. The highest BCUT2D eigenvalue weighted by Crippen LogP contribution is 2.19. The van der Waals surface area contributed by atoms with Gasteiger partial charge in [-0.15, -0.1) is 0 Å². The van der Waals surface area contributed by atoms with Crippen molar-refractivity contribution in [3.63, 3.8) is 0 Å². The second-order valence-electron chi connectivity index (χ2n) is 7.31. The highest BCUT2D eigenvalue weighted by atomic mass is 32.2. The van der Waals surface area contributed by atoms with Crippen molar-refractivity contribution in [2.24, 2.45) is 0 Å². The Balaban J connectivity index is 1.51. The summed E-state index contributed by atoms with van der Waals surface area (Å²) in [5.41, 5.74) is 2.74. The van der Waals surface area contributed by atoms with Crippen LogP contribution in [0.3, 0.4) is 0 Å². The Hall–Kier alpha value is -2.19. The number of aromatic nitrogens is 2. The highest BCUT2D eigenvalue weighted by molar-refractivity contribution is 7.88. The van der Waals surface area contributed by atoms with E-state index in [4.69, 9.17) is 0 Å². The van der Waals surface area contributed by atoms with E-state index in [2.05, 4.69) is 24.9 Å². The van der Waals surface area contributed by atoms with Gasteiger partial charge in [0, 0.05) is 37.9 Å². The number of benzene rings is 1. The van der Waals surface area contributed by atoms with Gasteiger partial charge in [-0.1, -0.05) is 29.8 Å². The molecule has 152 valence electrons. The standard InChI is InChI=1S/C20H29N5O2S/c1-16-7-6-8-18(13-16)15-28(26,27)22-10-9-21-20-23-17(2)14-19(24-20)25-11-4-3-5-12-25/h6-8,13-14,22H,3-5,9-12,15H2,1-2H3,(H,21,23,24). The Labute approximate surface area is 167 Å². The summed E-state index contributed by atoms with van der Waals surface area (Å²) in [6.45, 7) is 6.65. The van der Waals surface area contributed by atoms with Crippen LogP contribution in [0.2, 0.25) is 0 Å². The van der Waals surface area contributed by atoms with Crippen molar-refractivity contribution in [1.29, 1.82) is 0 Å². The summed E-state index contributed by atoms with van der Waals surface area (Å²) in [6, 6.07) is 9.54. The zero-order valence-corrected chi connectivity index (χ0v) is 17.4. The van der Waals surface area contributed by atoms with E-state index in [0.717, 1.165) is 35.7 Å². The topological polar surface area (TPSA) is 87.2 Å². The molecule has 28 heavy (non-hydrogen) atoms. The van der Waals surface area contributed by atoms with Gasteiger partial charge in [0.15, 0.2) is 0 Å². The van der Waals surface area contributed by atoms with Gasteiger partial charge in [0.1, 0.15) is 5.82 Å². The maximum atomic E-state index is 12.3. The van der Waals surface area contributed by atoms with Crippen molar-refractivity contribution in [2.45, 2.75) is 38.9 Å². The van der Waals surface area contributed by atoms with E-state index in [1.165, 1.54) is 19.3 Å². The molecule has 1 aliphatic heterocycles. The third-order valence-corrected chi connectivity index (χ3v) is 6.05. The van der Waals surface area contributed by atoms with Crippen LogP contribution in [0.4, 0.5) is 11.8 Å². The van der Waals surface area contributed by atoms with Gasteiger partial charge >= 0.3 is 0 Å². The molecule has 0 atom stereocenters. The minimum absolute atomic E-state index is 0.0191. The van der Waals surface area contributed by atoms with Crippen molar-refractivity contribution in [1.82, 2.24) is 14.7 Å². The van der Waals surface area contributed by atoms with Gasteiger partial charge in [-0.25, -0.2) is 18.1 Å². The smallest absolute Gasteiger partial charge is 0.224 e. The molecular formula is C20H29N5O2S. The molecule has 0 spiro atoms. The highest BCUT2D eigenvalue weighted by Gasteiger charge is 2.14. The van der Waals surface area contributed by atoms with Crippen LogP contribution in [0.15, 0.2) is 30.3 Å². The fourth-order valence-electron chi connectivity index (χ4n) is 3.37. The number of aryl methyl sites for hydroxylation is 2. The van der Waals surface area contributed by atoms with E-state index >= 15 is 0 Å². The molecule has 0 aliphatic carbocycles. The summed E-state index contributed by atoms with van der Waals surface area (Å²) in [7, 11) is -3.38. The second-order valence-corrected chi connectivity index (χ2v) is 9.11. The maximum absolute atomic E-state index is 12.3. The number of piperidine rings is 1. The van der Waals surface area contributed by atoms with Crippen LogP contribution in [0.1, 0.15) is 36.1 Å². The fourth-order valence-corrected chi connectivity index (χ4v) is 4.50. The lowest BCUT2D eigenvalue weighted by Gasteiger charge is -2.28. The number of nitrogens with one attached hydrogen (secondary N) is 2. The summed E-state index contributed by atoms with van der Waals surface area (Å²) in [5, 5.41) is 3.13. The first kappa shape index (κ1) is 20.5. The first-order valence-electron chi connectivity index (χ1n) is 9.79. The fraction of sp³-hybridized carbons (Fsp3) is 0.500. The van der Waals surface area contributed by atoms with Crippen LogP contribution in [-0.4, -0.2) is 44.6 Å². The Morgan fingerprint density at radius 3 is 2.57 bits per heavy atom. The molecule has 0 saturated carbocycles. The summed E-state index contributed by atoms with van der Waals surface area (Å²) >= 11 is 0. The van der Waals surface area contributed by atoms with Gasteiger partial charge in [0.25, 0.3) is 0 Å². The van der Waals surface area contributed by atoms with E-state index in [-0.39, 0.29) is 12.3 Å². The third kappa shape index (κ3) is 6.17. The number of sulfonamides is 1. The molecule has 1 aliphatic rings. The van der Waals surface area contributed by atoms with Crippen molar-refractivity contribution in [2.75, 3.05) is 36.4 Å². The lowest BCUT2D eigenvalue weighted by molar-refractivity contribution is 0.573. The van der Waals surface area contributed by atoms with Gasteiger partial charge in [-0.05, 0) is 38.7 Å². The van der Waals surface area contributed by atoms with E-state index in [0.29, 0.717) is 12.5 Å². The van der Waals surface area contributed by atoms with E-state index in [9.17, 15) is 8.42 Å². The minimum Gasteiger partial charge on any atom is -0.356 e. The number of anilines is 2. The monoisotopic (exact) mass is 403 g/mol. The molecule has 0 amide bonds. The van der Waals surface area contributed by atoms with Gasteiger partial charge in [-0.2, -0.15) is 4.98 Å². The van der Waals surface area contributed by atoms with Crippen LogP contribution >= 0.6 is 0 Å². The average molecular weight is 404 g/mol. The van der Waals surface area contributed by atoms with Gasteiger partial charge < -0.3 is 10.2 Å². The molecule has 1 aromatic heterocycles. The Morgan fingerprint density at radius 1 is 1.04 bits per heavy atom. The zero-order chi connectivity index (χ0) is 20.0. The minimum atomic E-state index is -3.38. The van der Waals surface area contributed by atoms with Crippen molar-refractivity contribution < 1.29 is 8.42 Å². The van der Waals surface area contributed by atoms with E-state index < -0.39 is 10.0 Å². The summed E-state index contributed by atoms with van der Waals surface area (Å²) in [4.78, 5) is 11.3. The molecule has 2 heterocycles. The van der Waals surface area contributed by atoms with Crippen molar-refractivity contribution in [3.8, 4) is 0 Å². The largest absolute Gasteiger partial charge is 0.356 e. The number of rotatable bonds is 8. The van der Waals surface area contributed by atoms with E-state index in [1.807, 2.05) is 44.2 Å². The predicted octanol–water partition coefficient (Wildman–Crippen LogP) is 2.62. The van der Waals surface area contributed by atoms with Crippen LogP contribution in [0.5, 0.6) is 0 Å². The molecular weight excluding hydrogens is 374 g/mol. The SMILES string of the molecule is Cc1cccc(CS(=O)(=O)NCCNc2nc(C)cc(N3CCCCC3)n2)c1. The molecule has 7 nitrogen and oxygen atoms in total. The first-order chi connectivity index (χ1) is 13.4. The van der Waals surface area contributed by atoms with Gasteiger partial charge in [0.05, 0.1) is 5.75 Å². The van der Waals surface area contributed by atoms with Gasteiger partial charge in [-0.3, -0.25) is 0 Å². The predicted molar refractivity (Wildman–Crippen MR) is 113 cm³/mol. The maximum Gasteiger partial charge on any atom is 0.224 e. The van der Waals surface area contributed by atoms with Crippen LogP contribution in [0.25, 0.3) is 0 Å². The van der Waals surface area contributed by atoms with Crippen LogP contribution < -0.4 is 14.9 Å². The molecule has 2 aromatic rings. The number of nitrogens with zero attached hydrogens (tertiary/aromatic N) is 3. The quantitative estimate of drug-likeness (QED) is 0.659. The van der Waals surface area contributed by atoms with E-state index in [1.54, 1.807) is 0 Å². The van der Waals surface area contributed by atoms with Crippen LogP contribution in [0, 0.1) is 13.8 Å². The molecule has 0 unspecified atom stereocenters. The second kappa shape index (κ2) is 9.34. The molecule has 1 saturated heterocycles. The zero-order valence-electron chi connectivity index (χ0n) is 16.6. The summed E-state index contributed by atoms with van der Waals surface area (Å²) in [5.74, 6) is 1.46.